The number of H-pyrrole nitrogens is 2. The minimum atomic E-state index is -4.75. The number of alkyl halides is 3. The maximum absolute atomic E-state index is 13.4. The highest BCUT2D eigenvalue weighted by Crippen LogP contribution is 2.41. The molecule has 16 aromatic heterocycles. The van der Waals surface area contributed by atoms with Crippen molar-refractivity contribution in [3.63, 3.8) is 0 Å². The highest BCUT2D eigenvalue weighted by atomic mass is 35.5. The molecule has 8 aromatic carbocycles. The molecule has 24 aromatic rings. The van der Waals surface area contributed by atoms with Crippen molar-refractivity contribution in [2.75, 3.05) is 7.11 Å². The standard InChI is InChI=1S/C18H11ClFN3.C18H12ClN3.C18H11F3N4O.C18H14N4O.C17H10Cl2N4.C17H12N4/c19-14-8-12(3-5-15(14)20)18-13(2-1-7-21-18)11-4-6-16-17(9-11)23-10-22-16;19-14-4-1-3-13(9-14)18-15(5-2-8-20-18)12-6-7-16-17(10-12)22-11-21-16;19-18(20,21)26-14-4-1-3-12(9-14)17-15(5-2-8-22-17)13-6-7-16-23-11-24-25(16)10-13;1-23-15-5-2-4-13(10-15)18-16(6-3-9-19-18)14-7-8-17-20-12-21-22(17)11-14;18-12-4-5-14(15(19)8-12)17-13(2-1-7-20-17)11-3-6-16-21-10-22-23(16)9-11;1-2-5-13(6-3-1)17-15(7-4-10-18-17)14-8-9-16-19-12-20-21(16)11-14/h1-10H,(H,22,23);1-11H,(H,21,22);1-11H;2-12H,1H3;1-10H;1-12H. The normalized spacial score (nSPS) is 11.1. The van der Waals surface area contributed by atoms with Crippen molar-refractivity contribution in [3.8, 4) is 146 Å². The van der Waals surface area contributed by atoms with Gasteiger partial charge in [0.2, 0.25) is 0 Å². The summed E-state index contributed by atoms with van der Waals surface area (Å²) in [7, 11) is 1.66. The van der Waals surface area contributed by atoms with Crippen molar-refractivity contribution < 1.29 is 27.0 Å². The molecule has 32 heteroatoms. The number of ether oxygens (including phenoxy) is 2. The van der Waals surface area contributed by atoms with Crippen LogP contribution in [0, 0.1) is 5.82 Å². The molecule has 0 saturated carbocycles. The number of methoxy groups -OCH3 is 1. The molecule has 24 rings (SSSR count). The van der Waals surface area contributed by atoms with E-state index in [0.29, 0.717) is 32.0 Å². The van der Waals surface area contributed by atoms with E-state index in [1.165, 1.54) is 36.9 Å². The second-order valence-electron chi connectivity index (χ2n) is 30.5. The van der Waals surface area contributed by atoms with Crippen LogP contribution in [-0.4, -0.2) is 122 Å². The van der Waals surface area contributed by atoms with Crippen molar-refractivity contribution in [1.82, 2.24) is 108 Å². The lowest BCUT2D eigenvalue weighted by molar-refractivity contribution is -0.274. The highest BCUT2D eigenvalue weighted by molar-refractivity contribution is 6.36. The number of nitrogens with zero attached hydrogens (tertiary/aromatic N) is 20. The molecule has 0 spiro atoms. The number of imidazole rings is 2. The van der Waals surface area contributed by atoms with E-state index in [2.05, 4.69) is 137 Å². The monoisotopic (exact) mass is 1900 g/mol. The molecule has 0 bridgehead atoms. The fourth-order valence-electron chi connectivity index (χ4n) is 15.5. The summed E-state index contributed by atoms with van der Waals surface area (Å²) >= 11 is 24.4. The van der Waals surface area contributed by atoms with Crippen LogP contribution in [0.3, 0.4) is 0 Å². The molecule has 0 saturated heterocycles. The number of halogens is 8. The lowest BCUT2D eigenvalue weighted by Crippen LogP contribution is -2.17. The first-order valence-corrected chi connectivity index (χ1v) is 44.0. The van der Waals surface area contributed by atoms with Crippen LogP contribution >= 0.6 is 46.4 Å². The second kappa shape index (κ2) is 41.0. The van der Waals surface area contributed by atoms with E-state index in [1.54, 1.807) is 118 Å². The molecule has 16 heterocycles. The molecule has 0 aliphatic rings. The predicted octanol–water partition coefficient (Wildman–Crippen LogP) is 26.1. The maximum atomic E-state index is 13.4. The van der Waals surface area contributed by atoms with Crippen molar-refractivity contribution in [2.45, 2.75) is 6.36 Å². The van der Waals surface area contributed by atoms with E-state index in [4.69, 9.17) is 51.1 Å². The molecule has 672 valence electrons. The summed E-state index contributed by atoms with van der Waals surface area (Å²) in [5.41, 5.74) is 29.0. The summed E-state index contributed by atoms with van der Waals surface area (Å²) in [6.45, 7) is 0. The zero-order valence-electron chi connectivity index (χ0n) is 72.3. The van der Waals surface area contributed by atoms with Gasteiger partial charge in [0, 0.05) is 161 Å². The lowest BCUT2D eigenvalue weighted by Gasteiger charge is -2.12. The van der Waals surface area contributed by atoms with Gasteiger partial charge in [-0.15, -0.1) is 13.2 Å². The van der Waals surface area contributed by atoms with Gasteiger partial charge in [0.15, 0.2) is 22.6 Å². The molecule has 0 aliphatic heterocycles. The number of nitrogens with one attached hydrogen (secondary N) is 2. The number of aromatic nitrogens is 22. The van der Waals surface area contributed by atoms with E-state index >= 15 is 0 Å². The molecule has 0 amide bonds. The van der Waals surface area contributed by atoms with Gasteiger partial charge in [-0.2, -0.15) is 20.4 Å². The van der Waals surface area contributed by atoms with Gasteiger partial charge in [0.05, 0.1) is 86.0 Å². The van der Waals surface area contributed by atoms with Crippen LogP contribution in [0.2, 0.25) is 20.1 Å². The molecular formula is C106H70Cl4F4N22O2. The van der Waals surface area contributed by atoms with E-state index < -0.39 is 12.2 Å². The first kappa shape index (κ1) is 89.8. The summed E-state index contributed by atoms with van der Waals surface area (Å²) in [6, 6.07) is 92.8. The largest absolute Gasteiger partial charge is 0.573 e. The van der Waals surface area contributed by atoms with Crippen LogP contribution in [-0.2, 0) is 0 Å². The molecule has 24 nitrogen and oxygen atoms in total. The zero-order valence-corrected chi connectivity index (χ0v) is 75.3. The van der Waals surface area contributed by atoms with E-state index in [-0.39, 0.29) is 10.8 Å². The van der Waals surface area contributed by atoms with Crippen molar-refractivity contribution in [1.29, 1.82) is 0 Å². The van der Waals surface area contributed by atoms with Gasteiger partial charge >= 0.3 is 6.36 Å². The van der Waals surface area contributed by atoms with Gasteiger partial charge in [-0.05, 0) is 193 Å². The number of benzene rings is 8. The Morgan fingerprint density at radius 3 is 1.04 bits per heavy atom. The SMILES string of the molecule is COc1cccc(-c2ncccc2-c2ccc3ncnn3c2)c1.Clc1ccc(-c2ncccc2-c2ccc3ncnn3c2)c(Cl)c1.Clc1cccc(-c2ncccc2-c2ccc3nc[nH]c3c2)c1.FC(F)(F)Oc1cccc(-c2ncccc2-c2ccc3ncnn3c2)c1.Fc1ccc(-c2ncccc2-c2ccc3nc[nH]c3c2)cc1Cl.c1ccc(-c2ncccc2-c2ccc3ncnn3c2)cc1. The van der Waals surface area contributed by atoms with Gasteiger partial charge in [-0.3, -0.25) is 29.9 Å². The first-order valence-electron chi connectivity index (χ1n) is 42.5. The van der Waals surface area contributed by atoms with Crippen molar-refractivity contribution in [3.05, 3.63) is 423 Å². The maximum Gasteiger partial charge on any atom is 0.573 e. The summed E-state index contributed by atoms with van der Waals surface area (Å²) in [5, 5.41) is 18.6. The Morgan fingerprint density at radius 2 is 0.630 bits per heavy atom. The number of hydrogen-bond acceptors (Lipinski definition) is 18. The first-order chi connectivity index (χ1) is 67.5. The van der Waals surface area contributed by atoms with Crippen molar-refractivity contribution in [2.24, 2.45) is 0 Å². The molecule has 0 fully saturated rings. The number of pyridine rings is 10. The molecule has 0 unspecified atom stereocenters. The number of rotatable bonds is 14. The quantitative estimate of drug-likeness (QED) is 0.0957. The van der Waals surface area contributed by atoms with Crippen LogP contribution in [0.15, 0.2) is 397 Å². The smallest absolute Gasteiger partial charge is 0.497 e. The van der Waals surface area contributed by atoms with Crippen LogP contribution in [0.4, 0.5) is 17.6 Å². The number of fused-ring (bicyclic) bond motifs is 6. The van der Waals surface area contributed by atoms with Crippen LogP contribution in [0.1, 0.15) is 0 Å². The Hall–Kier alpha value is -17.4. The average molecular weight is 1900 g/mol. The van der Waals surface area contributed by atoms with E-state index in [1.807, 2.05) is 225 Å². The van der Waals surface area contributed by atoms with Crippen LogP contribution < -0.4 is 9.47 Å². The fourth-order valence-corrected chi connectivity index (χ4v) is 16.3. The average Bonchev–Trinajstić information content (AvgIpc) is 1.29. The molecule has 0 radical (unpaired) electrons. The lowest BCUT2D eigenvalue weighted by atomic mass is 9.99. The Bertz CT molecular complexity index is 8470. The van der Waals surface area contributed by atoms with Gasteiger partial charge in [0.25, 0.3) is 0 Å². The second-order valence-corrected chi connectivity index (χ2v) is 32.2. The highest BCUT2D eigenvalue weighted by Gasteiger charge is 2.31. The topological polar surface area (TPSA) is 274 Å². The molecule has 138 heavy (non-hydrogen) atoms. The van der Waals surface area contributed by atoms with E-state index in [9.17, 15) is 17.6 Å². The van der Waals surface area contributed by atoms with Crippen molar-refractivity contribution >= 4 is 91.1 Å². The third-order valence-corrected chi connectivity index (χ3v) is 22.9. The van der Waals surface area contributed by atoms with Gasteiger partial charge in [-0.1, -0.05) is 162 Å². The van der Waals surface area contributed by atoms with E-state index in [0.717, 1.165) is 168 Å². The summed E-state index contributed by atoms with van der Waals surface area (Å²) < 4.78 is 67.1. The molecule has 0 atom stereocenters. The Kier molecular flexibility index (Phi) is 26.6. The third kappa shape index (κ3) is 20.7. The Labute approximate surface area is 803 Å². The molecule has 0 aliphatic carbocycles. The Morgan fingerprint density at radius 1 is 0.275 bits per heavy atom. The molecular weight excluding hydrogens is 1830 g/mol. The van der Waals surface area contributed by atoms with Gasteiger partial charge in [-0.25, -0.2) is 52.4 Å². The fraction of sp³-hybridized carbons (Fsp3) is 0.0189. The minimum absolute atomic E-state index is 0.0862. The molecule has 2 N–H and O–H groups in total. The summed E-state index contributed by atoms with van der Waals surface area (Å²) in [5.74, 6) is 0.0796. The third-order valence-electron chi connectivity index (χ3n) is 21.9. The zero-order chi connectivity index (χ0) is 94.4. The predicted molar refractivity (Wildman–Crippen MR) is 529 cm³/mol. The van der Waals surface area contributed by atoms with Gasteiger partial charge in [0.1, 0.15) is 42.6 Å². The van der Waals surface area contributed by atoms with Crippen LogP contribution in [0.5, 0.6) is 11.5 Å². The summed E-state index contributed by atoms with van der Waals surface area (Å²) in [6.07, 6.45) is 22.8. The Balaban J connectivity index is 0.000000106. The summed E-state index contributed by atoms with van der Waals surface area (Å²) in [4.78, 5) is 58.3. The number of hydrogen-bond donors (Lipinski definition) is 2. The van der Waals surface area contributed by atoms with Crippen LogP contribution in [0.25, 0.3) is 179 Å². The number of aromatic amines is 2. The minimum Gasteiger partial charge on any atom is -0.497 e. The van der Waals surface area contributed by atoms with Gasteiger partial charge < -0.3 is 19.4 Å².